The summed E-state index contributed by atoms with van der Waals surface area (Å²) in [5, 5.41) is 13.8. The molecule has 0 aromatic heterocycles. The van der Waals surface area contributed by atoms with Crippen molar-refractivity contribution in [1.82, 2.24) is 5.32 Å². The van der Waals surface area contributed by atoms with Gasteiger partial charge < -0.3 is 15.2 Å². The number of halogens is 1. The van der Waals surface area contributed by atoms with E-state index in [4.69, 9.17) is 4.74 Å². The predicted octanol–water partition coefficient (Wildman–Crippen LogP) is 4.40. The topological polar surface area (TPSA) is 41.5 Å². The van der Waals surface area contributed by atoms with E-state index in [0.29, 0.717) is 17.9 Å². The Morgan fingerprint density at radius 3 is 2.71 bits per heavy atom. The van der Waals surface area contributed by atoms with Gasteiger partial charge in [-0.2, -0.15) is 0 Å². The van der Waals surface area contributed by atoms with Gasteiger partial charge in [0.15, 0.2) is 0 Å². The molecule has 1 fully saturated rings. The molecule has 1 aromatic rings. The molecule has 1 aliphatic carbocycles. The highest BCUT2D eigenvalue weighted by Gasteiger charge is 2.49. The largest absolute Gasteiger partial charge is 0.508 e. The molecule has 2 N–H and O–H groups in total. The molecule has 3 unspecified atom stereocenters. The third kappa shape index (κ3) is 3.43. The van der Waals surface area contributed by atoms with Gasteiger partial charge in [-0.1, -0.05) is 36.7 Å². The summed E-state index contributed by atoms with van der Waals surface area (Å²) in [6.07, 6.45) is 2.30. The van der Waals surface area contributed by atoms with Crippen LogP contribution in [0, 0.1) is 5.41 Å². The van der Waals surface area contributed by atoms with E-state index in [9.17, 15) is 5.11 Å². The maximum Gasteiger partial charge on any atom is 0.120 e. The van der Waals surface area contributed by atoms with Crippen molar-refractivity contribution < 1.29 is 9.84 Å². The summed E-state index contributed by atoms with van der Waals surface area (Å²) >= 11 is 3.48. The maximum absolute atomic E-state index is 10.1. The average Bonchev–Trinajstić information content (AvgIpc) is 2.45. The smallest absolute Gasteiger partial charge is 0.120 e. The Labute approximate surface area is 136 Å². The van der Waals surface area contributed by atoms with Crippen LogP contribution in [-0.2, 0) is 4.74 Å². The van der Waals surface area contributed by atoms with Gasteiger partial charge in [0.1, 0.15) is 5.75 Å². The van der Waals surface area contributed by atoms with Crippen molar-refractivity contribution in [1.29, 1.82) is 0 Å². The monoisotopic (exact) mass is 355 g/mol. The highest BCUT2D eigenvalue weighted by Crippen LogP contribution is 2.44. The third-order valence-electron chi connectivity index (χ3n) is 4.72. The van der Waals surface area contributed by atoms with E-state index >= 15 is 0 Å². The fourth-order valence-corrected chi connectivity index (χ4v) is 3.51. The number of aromatic hydroxyl groups is 1. The van der Waals surface area contributed by atoms with Crippen molar-refractivity contribution in [2.24, 2.45) is 5.41 Å². The van der Waals surface area contributed by atoms with E-state index in [1.165, 1.54) is 0 Å². The molecule has 0 radical (unpaired) electrons. The first-order valence-corrected chi connectivity index (χ1v) is 8.55. The van der Waals surface area contributed by atoms with E-state index in [0.717, 1.165) is 29.5 Å². The second-order valence-electron chi connectivity index (χ2n) is 6.38. The highest BCUT2D eigenvalue weighted by molar-refractivity contribution is 9.10. The molecule has 3 atom stereocenters. The molecule has 21 heavy (non-hydrogen) atoms. The second-order valence-corrected chi connectivity index (χ2v) is 7.30. The van der Waals surface area contributed by atoms with Crippen LogP contribution < -0.4 is 5.32 Å². The van der Waals surface area contributed by atoms with Crippen molar-refractivity contribution in [3.63, 3.8) is 0 Å². The van der Waals surface area contributed by atoms with Gasteiger partial charge >= 0.3 is 0 Å². The maximum atomic E-state index is 10.1. The van der Waals surface area contributed by atoms with Crippen LogP contribution >= 0.6 is 15.9 Å². The van der Waals surface area contributed by atoms with Crippen LogP contribution in [0.2, 0.25) is 0 Å². The van der Waals surface area contributed by atoms with Crippen LogP contribution in [0.4, 0.5) is 0 Å². The Morgan fingerprint density at radius 1 is 1.43 bits per heavy atom. The summed E-state index contributed by atoms with van der Waals surface area (Å²) in [4.78, 5) is 0. The summed E-state index contributed by atoms with van der Waals surface area (Å²) < 4.78 is 6.79. The zero-order valence-corrected chi connectivity index (χ0v) is 14.9. The first kappa shape index (κ1) is 16.8. The van der Waals surface area contributed by atoms with Crippen LogP contribution in [0.5, 0.6) is 5.75 Å². The average molecular weight is 356 g/mol. The molecule has 1 saturated carbocycles. The van der Waals surface area contributed by atoms with Gasteiger partial charge in [0.2, 0.25) is 0 Å². The van der Waals surface area contributed by atoms with Gasteiger partial charge in [0, 0.05) is 34.1 Å². The van der Waals surface area contributed by atoms with Crippen LogP contribution in [0.1, 0.15) is 52.1 Å². The quantitative estimate of drug-likeness (QED) is 0.794. The molecule has 0 aliphatic heterocycles. The van der Waals surface area contributed by atoms with Gasteiger partial charge in [0.25, 0.3) is 0 Å². The summed E-state index contributed by atoms with van der Waals surface area (Å²) in [6, 6.07) is 6.19. The van der Waals surface area contributed by atoms with Crippen LogP contribution in [0.3, 0.4) is 0 Å². The van der Waals surface area contributed by atoms with Crippen molar-refractivity contribution in [3.05, 3.63) is 28.2 Å². The lowest BCUT2D eigenvalue weighted by atomic mass is 9.64. The third-order valence-corrected chi connectivity index (χ3v) is 5.21. The van der Waals surface area contributed by atoms with Gasteiger partial charge in [0.05, 0.1) is 6.10 Å². The van der Waals surface area contributed by atoms with Crippen LogP contribution in [0.25, 0.3) is 0 Å². The zero-order valence-electron chi connectivity index (χ0n) is 13.3. The van der Waals surface area contributed by atoms with Crippen molar-refractivity contribution in [2.45, 2.75) is 58.7 Å². The lowest BCUT2D eigenvalue weighted by Gasteiger charge is -2.53. The Hall–Kier alpha value is -0.580. The summed E-state index contributed by atoms with van der Waals surface area (Å²) in [5.74, 6) is 0.357. The minimum Gasteiger partial charge on any atom is -0.508 e. The Kier molecular flexibility index (Phi) is 5.33. The minimum absolute atomic E-state index is 0.130. The molecule has 0 saturated heterocycles. The number of hydrogen-bond acceptors (Lipinski definition) is 3. The number of ether oxygens (including phenoxy) is 1. The molecule has 2 rings (SSSR count). The van der Waals surface area contributed by atoms with Gasteiger partial charge in [-0.25, -0.2) is 0 Å². The Balaban J connectivity index is 2.09. The molecular formula is C17H26BrNO2. The Morgan fingerprint density at radius 2 is 2.14 bits per heavy atom. The van der Waals surface area contributed by atoms with E-state index < -0.39 is 0 Å². The molecule has 0 spiro atoms. The highest BCUT2D eigenvalue weighted by atomic mass is 79.9. The molecule has 0 bridgehead atoms. The SMILES string of the molecule is CCOC1CC(NC(CC)c2cc(Br)ccc2O)C1(C)C. The molecule has 4 heteroatoms. The number of phenolic OH excluding ortho intramolecular Hbond substituents is 1. The summed E-state index contributed by atoms with van der Waals surface area (Å²) in [6.45, 7) is 9.46. The van der Waals surface area contributed by atoms with Crippen LogP contribution in [-0.4, -0.2) is 23.9 Å². The molecular weight excluding hydrogens is 330 g/mol. The number of hydrogen-bond donors (Lipinski definition) is 2. The molecule has 118 valence electrons. The molecule has 0 amide bonds. The van der Waals surface area contributed by atoms with Gasteiger partial charge in [-0.05, 0) is 38.0 Å². The van der Waals surface area contributed by atoms with Crippen LogP contribution in [0.15, 0.2) is 22.7 Å². The Bertz CT molecular complexity index is 490. The summed E-state index contributed by atoms with van der Waals surface area (Å²) in [5.41, 5.74) is 1.09. The first-order chi connectivity index (χ1) is 9.90. The zero-order chi connectivity index (χ0) is 15.6. The normalized spacial score (nSPS) is 25.4. The van der Waals surface area contributed by atoms with Crippen molar-refractivity contribution in [2.75, 3.05) is 6.61 Å². The van der Waals surface area contributed by atoms with E-state index in [2.05, 4.69) is 42.0 Å². The fraction of sp³-hybridized carbons (Fsp3) is 0.647. The molecule has 1 aromatic carbocycles. The summed E-state index contributed by atoms with van der Waals surface area (Å²) in [7, 11) is 0. The van der Waals surface area contributed by atoms with Gasteiger partial charge in [-0.3, -0.25) is 0 Å². The molecule has 3 nitrogen and oxygen atoms in total. The van der Waals surface area contributed by atoms with Crippen molar-refractivity contribution >= 4 is 15.9 Å². The van der Waals surface area contributed by atoms with Gasteiger partial charge in [-0.15, -0.1) is 0 Å². The lowest BCUT2D eigenvalue weighted by Crippen LogP contribution is -2.61. The number of phenols is 1. The second kappa shape index (κ2) is 6.67. The number of nitrogens with one attached hydrogen (secondary N) is 1. The minimum atomic E-state index is 0.130. The first-order valence-electron chi connectivity index (χ1n) is 7.76. The van der Waals surface area contributed by atoms with Crippen molar-refractivity contribution in [3.8, 4) is 5.75 Å². The lowest BCUT2D eigenvalue weighted by molar-refractivity contribution is -0.116. The number of rotatable bonds is 6. The molecule has 0 heterocycles. The van der Waals surface area contributed by atoms with E-state index in [1.807, 2.05) is 19.1 Å². The number of benzene rings is 1. The van der Waals surface area contributed by atoms with E-state index in [1.54, 1.807) is 6.07 Å². The standard InChI is InChI=1S/C17H26BrNO2/c1-5-13(12-9-11(18)7-8-14(12)20)19-15-10-16(21-6-2)17(15,3)4/h7-9,13,15-16,19-20H,5-6,10H2,1-4H3. The predicted molar refractivity (Wildman–Crippen MR) is 89.6 cm³/mol. The van der Waals surface area contributed by atoms with E-state index in [-0.39, 0.29) is 11.5 Å². The molecule has 1 aliphatic rings. The fourth-order valence-electron chi connectivity index (χ4n) is 3.13.